The van der Waals surface area contributed by atoms with E-state index in [-0.39, 0.29) is 0 Å². The Morgan fingerprint density at radius 2 is 2.32 bits per heavy atom. The standard InChI is InChI=1S/C11H11N7O/c1-18-16-11(15-17-18)6-2-3-7-8(4-6)14-10(12)9(7)13-5-19/h2-5,14H,12H2,1H3,(H,13,19). The molecule has 19 heavy (non-hydrogen) atoms. The van der Waals surface area contributed by atoms with Crippen LogP contribution in [0.4, 0.5) is 11.5 Å². The van der Waals surface area contributed by atoms with Crippen molar-refractivity contribution < 1.29 is 4.79 Å². The maximum absolute atomic E-state index is 10.5. The molecule has 8 nitrogen and oxygen atoms in total. The minimum Gasteiger partial charge on any atom is -0.384 e. The average molecular weight is 257 g/mol. The van der Waals surface area contributed by atoms with Gasteiger partial charge in [-0.2, -0.15) is 4.80 Å². The van der Waals surface area contributed by atoms with Crippen LogP contribution in [0.3, 0.4) is 0 Å². The van der Waals surface area contributed by atoms with Gasteiger partial charge < -0.3 is 16.0 Å². The predicted molar refractivity (Wildman–Crippen MR) is 70.2 cm³/mol. The van der Waals surface area contributed by atoms with Crippen molar-refractivity contribution in [3.05, 3.63) is 18.2 Å². The third kappa shape index (κ3) is 1.79. The van der Waals surface area contributed by atoms with Crippen LogP contribution in [0, 0.1) is 0 Å². The molecule has 1 aromatic carbocycles. The Kier molecular flexibility index (Phi) is 2.41. The molecule has 0 bridgehead atoms. The van der Waals surface area contributed by atoms with Crippen LogP contribution < -0.4 is 11.1 Å². The molecule has 0 aliphatic rings. The van der Waals surface area contributed by atoms with E-state index in [4.69, 9.17) is 5.73 Å². The van der Waals surface area contributed by atoms with Crippen LogP contribution in [0.2, 0.25) is 0 Å². The molecular weight excluding hydrogens is 246 g/mol. The molecule has 2 heterocycles. The highest BCUT2D eigenvalue weighted by atomic mass is 16.1. The molecule has 0 saturated heterocycles. The zero-order valence-corrected chi connectivity index (χ0v) is 10.1. The monoisotopic (exact) mass is 257 g/mol. The minimum atomic E-state index is 0.409. The van der Waals surface area contributed by atoms with Gasteiger partial charge in [-0.3, -0.25) is 4.79 Å². The number of carbonyl (C=O) groups excluding carboxylic acids is 1. The molecule has 0 saturated carbocycles. The van der Waals surface area contributed by atoms with Crippen molar-refractivity contribution in [3.63, 3.8) is 0 Å². The summed E-state index contributed by atoms with van der Waals surface area (Å²) in [4.78, 5) is 14.9. The SMILES string of the molecule is Cn1nnc(-c2ccc3c(NC=O)c(N)[nH]c3c2)n1. The van der Waals surface area contributed by atoms with Crippen LogP contribution in [0.15, 0.2) is 18.2 Å². The number of fused-ring (bicyclic) bond motifs is 1. The van der Waals surface area contributed by atoms with E-state index in [1.165, 1.54) is 4.80 Å². The Labute approximate surface area is 107 Å². The second kappa shape index (κ2) is 4.09. The molecular formula is C11H11N7O. The lowest BCUT2D eigenvalue weighted by Gasteiger charge is -1.98. The van der Waals surface area contributed by atoms with Gasteiger partial charge in [0, 0.05) is 16.5 Å². The first-order valence-corrected chi connectivity index (χ1v) is 5.55. The molecule has 0 spiro atoms. The number of hydrogen-bond donors (Lipinski definition) is 3. The Morgan fingerprint density at radius 1 is 1.47 bits per heavy atom. The van der Waals surface area contributed by atoms with Crippen molar-refractivity contribution in [3.8, 4) is 11.4 Å². The number of nitrogens with two attached hydrogens (primary N) is 1. The maximum atomic E-state index is 10.5. The van der Waals surface area contributed by atoms with Crippen LogP contribution in [0.5, 0.6) is 0 Å². The van der Waals surface area contributed by atoms with Gasteiger partial charge in [0.2, 0.25) is 12.2 Å². The molecule has 3 rings (SSSR count). The summed E-state index contributed by atoms with van der Waals surface area (Å²) in [5.41, 5.74) is 8.00. The molecule has 96 valence electrons. The molecule has 1 amide bonds. The first kappa shape index (κ1) is 11.2. The van der Waals surface area contributed by atoms with Gasteiger partial charge in [0.15, 0.2) is 0 Å². The number of tetrazole rings is 1. The molecule has 0 aliphatic heterocycles. The van der Waals surface area contributed by atoms with E-state index < -0.39 is 0 Å². The number of nitrogens with zero attached hydrogens (tertiary/aromatic N) is 4. The molecule has 0 atom stereocenters. The van der Waals surface area contributed by atoms with Gasteiger partial charge >= 0.3 is 0 Å². The third-order valence-electron chi connectivity index (χ3n) is 2.80. The number of nitrogen functional groups attached to an aromatic ring is 1. The molecule has 0 fully saturated rings. The molecule has 0 unspecified atom stereocenters. The third-order valence-corrected chi connectivity index (χ3v) is 2.80. The number of aromatic nitrogens is 5. The van der Waals surface area contributed by atoms with Gasteiger partial charge in [0.25, 0.3) is 0 Å². The first-order valence-electron chi connectivity index (χ1n) is 5.55. The lowest BCUT2D eigenvalue weighted by atomic mass is 10.1. The van der Waals surface area contributed by atoms with Crippen LogP contribution >= 0.6 is 0 Å². The summed E-state index contributed by atoms with van der Waals surface area (Å²) in [5, 5.41) is 15.3. The van der Waals surface area contributed by atoms with Crippen molar-refractivity contribution in [2.45, 2.75) is 0 Å². The summed E-state index contributed by atoms with van der Waals surface area (Å²) in [6.45, 7) is 0. The number of anilines is 2. The van der Waals surface area contributed by atoms with Crippen LogP contribution in [-0.4, -0.2) is 31.6 Å². The Bertz CT molecular complexity index is 758. The molecule has 2 aromatic heterocycles. The predicted octanol–water partition coefficient (Wildman–Crippen LogP) is 0.509. The van der Waals surface area contributed by atoms with Gasteiger partial charge in [0.1, 0.15) is 5.82 Å². The van der Waals surface area contributed by atoms with E-state index in [0.29, 0.717) is 23.7 Å². The van der Waals surface area contributed by atoms with Gasteiger partial charge in [-0.25, -0.2) is 0 Å². The van der Waals surface area contributed by atoms with E-state index in [0.717, 1.165) is 16.5 Å². The summed E-state index contributed by atoms with van der Waals surface area (Å²) < 4.78 is 0. The van der Waals surface area contributed by atoms with E-state index in [2.05, 4.69) is 25.7 Å². The number of rotatable bonds is 3. The van der Waals surface area contributed by atoms with Crippen LogP contribution in [0.25, 0.3) is 22.3 Å². The average Bonchev–Trinajstić information content (AvgIpc) is 2.94. The normalized spacial score (nSPS) is 10.8. The Hall–Kier alpha value is -2.90. The summed E-state index contributed by atoms with van der Waals surface area (Å²) in [5.74, 6) is 0.939. The number of aryl methyl sites for hydroxylation is 1. The number of nitrogens with one attached hydrogen (secondary N) is 2. The number of aromatic amines is 1. The largest absolute Gasteiger partial charge is 0.384 e. The molecule has 4 N–H and O–H groups in total. The minimum absolute atomic E-state index is 0.409. The molecule has 8 heteroatoms. The van der Waals surface area contributed by atoms with E-state index in [9.17, 15) is 4.79 Å². The fraction of sp³-hybridized carbons (Fsp3) is 0.0909. The highest BCUT2D eigenvalue weighted by Crippen LogP contribution is 2.31. The highest BCUT2D eigenvalue weighted by Gasteiger charge is 2.11. The van der Waals surface area contributed by atoms with Gasteiger partial charge in [-0.1, -0.05) is 6.07 Å². The van der Waals surface area contributed by atoms with Crippen LogP contribution in [-0.2, 0) is 11.8 Å². The van der Waals surface area contributed by atoms with Gasteiger partial charge in [-0.15, -0.1) is 10.2 Å². The number of hydrogen-bond acceptors (Lipinski definition) is 5. The van der Waals surface area contributed by atoms with Crippen molar-refractivity contribution in [2.24, 2.45) is 7.05 Å². The summed E-state index contributed by atoms with van der Waals surface area (Å²) in [6.07, 6.45) is 0.594. The van der Waals surface area contributed by atoms with Crippen molar-refractivity contribution in [1.82, 2.24) is 25.2 Å². The number of benzene rings is 1. The fourth-order valence-corrected chi connectivity index (χ4v) is 1.97. The Morgan fingerprint density at radius 3 is 3.00 bits per heavy atom. The smallest absolute Gasteiger partial charge is 0.211 e. The number of amides is 1. The zero-order valence-electron chi connectivity index (χ0n) is 10.1. The highest BCUT2D eigenvalue weighted by molar-refractivity contribution is 6.03. The molecule has 3 aromatic rings. The maximum Gasteiger partial charge on any atom is 0.211 e. The van der Waals surface area contributed by atoms with Crippen molar-refractivity contribution >= 4 is 28.8 Å². The van der Waals surface area contributed by atoms with Crippen molar-refractivity contribution in [1.29, 1.82) is 0 Å². The first-order chi connectivity index (χ1) is 9.19. The topological polar surface area (TPSA) is 115 Å². The van der Waals surface area contributed by atoms with E-state index >= 15 is 0 Å². The lowest BCUT2D eigenvalue weighted by molar-refractivity contribution is -0.105. The second-order valence-electron chi connectivity index (χ2n) is 4.04. The van der Waals surface area contributed by atoms with E-state index in [1.807, 2.05) is 18.2 Å². The second-order valence-corrected chi connectivity index (χ2v) is 4.04. The molecule has 0 aliphatic carbocycles. The quantitative estimate of drug-likeness (QED) is 0.591. The molecule has 0 radical (unpaired) electrons. The van der Waals surface area contributed by atoms with E-state index in [1.54, 1.807) is 7.05 Å². The fourth-order valence-electron chi connectivity index (χ4n) is 1.97. The number of carbonyl (C=O) groups is 1. The summed E-state index contributed by atoms with van der Waals surface area (Å²) in [6, 6.07) is 5.56. The zero-order chi connectivity index (χ0) is 13.4. The number of H-pyrrole nitrogens is 1. The lowest BCUT2D eigenvalue weighted by Crippen LogP contribution is -1.96. The van der Waals surface area contributed by atoms with Gasteiger partial charge in [-0.05, 0) is 17.3 Å². The van der Waals surface area contributed by atoms with Crippen molar-refractivity contribution in [2.75, 3.05) is 11.1 Å². The van der Waals surface area contributed by atoms with Crippen LogP contribution in [0.1, 0.15) is 0 Å². The summed E-state index contributed by atoms with van der Waals surface area (Å²) >= 11 is 0. The summed E-state index contributed by atoms with van der Waals surface area (Å²) in [7, 11) is 1.70. The Balaban J connectivity index is 2.14. The van der Waals surface area contributed by atoms with Gasteiger partial charge in [0.05, 0.1) is 12.7 Å².